The van der Waals surface area contributed by atoms with Crippen LogP contribution >= 0.6 is 0 Å². The minimum atomic E-state index is -1.78. The monoisotopic (exact) mass is 267 g/mol. The summed E-state index contributed by atoms with van der Waals surface area (Å²) in [6.07, 6.45) is -0.0341. The quantitative estimate of drug-likeness (QED) is 0.561. The second kappa shape index (κ2) is 7.01. The van der Waals surface area contributed by atoms with Gasteiger partial charge >= 0.3 is 5.97 Å². The number of benzene rings is 1. The number of carboxylic acids is 1. The highest BCUT2D eigenvalue weighted by Gasteiger charge is 2.39. The van der Waals surface area contributed by atoms with Crippen molar-refractivity contribution in [3.63, 3.8) is 0 Å². The lowest BCUT2D eigenvalue weighted by molar-refractivity contribution is -0.155. The molecule has 0 saturated carbocycles. The molecule has 1 rings (SSSR count). The number of hydroxylamine groups is 1. The smallest absolute Gasteiger partial charge is 0.329 e. The summed E-state index contributed by atoms with van der Waals surface area (Å²) < 4.78 is 13.1. The standard InChI is InChI=1S/C14H18FNO3/c1-11(2)8-14(10-15,13(17)18)16-19-9-12-6-4-3-5-7-12/h3-7,16H,1,8-10H2,2H3,(H,17,18)/t14-/m1/s1. The van der Waals surface area contributed by atoms with Gasteiger partial charge < -0.3 is 5.11 Å². The van der Waals surface area contributed by atoms with E-state index in [-0.39, 0.29) is 13.0 Å². The maximum absolute atomic E-state index is 13.1. The van der Waals surface area contributed by atoms with Crippen LogP contribution in [0.15, 0.2) is 42.5 Å². The number of carbonyl (C=O) groups is 1. The third kappa shape index (κ3) is 4.46. The third-order valence-corrected chi connectivity index (χ3v) is 2.59. The molecular weight excluding hydrogens is 249 g/mol. The minimum absolute atomic E-state index is 0.0341. The molecule has 1 aromatic carbocycles. The molecule has 0 aliphatic carbocycles. The summed E-state index contributed by atoms with van der Waals surface area (Å²) >= 11 is 0. The van der Waals surface area contributed by atoms with E-state index in [4.69, 9.17) is 9.94 Å². The molecular formula is C14H18FNO3. The summed E-state index contributed by atoms with van der Waals surface area (Å²) in [4.78, 5) is 16.3. The van der Waals surface area contributed by atoms with Crippen LogP contribution in [0.4, 0.5) is 4.39 Å². The summed E-state index contributed by atoms with van der Waals surface area (Å²) in [5, 5.41) is 9.15. The molecule has 0 heterocycles. The summed E-state index contributed by atoms with van der Waals surface area (Å²) in [6, 6.07) is 9.20. The molecule has 5 heteroatoms. The van der Waals surface area contributed by atoms with Crippen LogP contribution in [0.1, 0.15) is 18.9 Å². The van der Waals surface area contributed by atoms with E-state index in [9.17, 15) is 9.18 Å². The van der Waals surface area contributed by atoms with Crippen molar-refractivity contribution in [3.05, 3.63) is 48.0 Å². The second-order valence-electron chi connectivity index (χ2n) is 4.53. The van der Waals surface area contributed by atoms with Gasteiger partial charge in [-0.3, -0.25) is 9.63 Å². The third-order valence-electron chi connectivity index (χ3n) is 2.59. The van der Waals surface area contributed by atoms with Gasteiger partial charge in [0, 0.05) is 6.42 Å². The Bertz CT molecular complexity index is 436. The van der Waals surface area contributed by atoms with Gasteiger partial charge in [0.25, 0.3) is 0 Å². The van der Waals surface area contributed by atoms with Crippen molar-refractivity contribution in [2.24, 2.45) is 0 Å². The first-order valence-corrected chi connectivity index (χ1v) is 5.87. The number of halogens is 1. The molecule has 0 radical (unpaired) electrons. The van der Waals surface area contributed by atoms with Crippen LogP contribution in [0.25, 0.3) is 0 Å². The Labute approximate surface area is 111 Å². The molecule has 1 atom stereocenters. The average Bonchev–Trinajstić information content (AvgIpc) is 2.38. The molecule has 0 aliphatic rings. The van der Waals surface area contributed by atoms with Crippen LogP contribution in [0.5, 0.6) is 0 Å². The van der Waals surface area contributed by atoms with Crippen molar-refractivity contribution < 1.29 is 19.1 Å². The molecule has 0 saturated heterocycles. The number of rotatable bonds is 8. The van der Waals surface area contributed by atoms with Crippen LogP contribution in [0.3, 0.4) is 0 Å². The molecule has 4 nitrogen and oxygen atoms in total. The Morgan fingerprint density at radius 3 is 2.58 bits per heavy atom. The zero-order chi connectivity index (χ0) is 14.3. The Hall–Kier alpha value is -1.72. The molecule has 19 heavy (non-hydrogen) atoms. The van der Waals surface area contributed by atoms with Gasteiger partial charge in [0.2, 0.25) is 0 Å². The number of hydrogen-bond donors (Lipinski definition) is 2. The van der Waals surface area contributed by atoms with Gasteiger partial charge in [0.05, 0.1) is 6.61 Å². The zero-order valence-corrected chi connectivity index (χ0v) is 10.9. The minimum Gasteiger partial charge on any atom is -0.480 e. The van der Waals surface area contributed by atoms with Gasteiger partial charge in [-0.1, -0.05) is 35.9 Å². The molecule has 0 amide bonds. The Balaban J connectivity index is 2.63. The highest BCUT2D eigenvalue weighted by molar-refractivity contribution is 5.79. The van der Waals surface area contributed by atoms with Gasteiger partial charge in [-0.15, -0.1) is 6.58 Å². The molecule has 0 aliphatic heterocycles. The van der Waals surface area contributed by atoms with Gasteiger partial charge in [0.1, 0.15) is 6.67 Å². The van der Waals surface area contributed by atoms with Crippen LogP contribution in [-0.2, 0) is 16.2 Å². The predicted molar refractivity (Wildman–Crippen MR) is 70.1 cm³/mol. The van der Waals surface area contributed by atoms with Gasteiger partial charge in [-0.2, -0.15) is 5.48 Å². The van der Waals surface area contributed by atoms with Crippen molar-refractivity contribution in [2.45, 2.75) is 25.5 Å². The molecule has 0 spiro atoms. The largest absolute Gasteiger partial charge is 0.480 e. The predicted octanol–water partition coefficient (Wildman–Crippen LogP) is 2.47. The van der Waals surface area contributed by atoms with E-state index >= 15 is 0 Å². The average molecular weight is 267 g/mol. The van der Waals surface area contributed by atoms with Crippen molar-refractivity contribution in [2.75, 3.05) is 6.67 Å². The maximum atomic E-state index is 13.1. The first kappa shape index (κ1) is 15.3. The summed E-state index contributed by atoms with van der Waals surface area (Å²) in [6.45, 7) is 4.34. The number of aliphatic carboxylic acids is 1. The Kier molecular flexibility index (Phi) is 5.66. The topological polar surface area (TPSA) is 58.6 Å². The second-order valence-corrected chi connectivity index (χ2v) is 4.53. The first-order chi connectivity index (χ1) is 9.00. The molecule has 104 valence electrons. The molecule has 2 N–H and O–H groups in total. The van der Waals surface area contributed by atoms with Gasteiger partial charge in [-0.25, -0.2) is 4.39 Å². The Morgan fingerprint density at radius 2 is 2.11 bits per heavy atom. The first-order valence-electron chi connectivity index (χ1n) is 5.87. The fourth-order valence-corrected chi connectivity index (χ4v) is 1.63. The van der Waals surface area contributed by atoms with Gasteiger partial charge in [-0.05, 0) is 12.5 Å². The van der Waals surface area contributed by atoms with Crippen LogP contribution < -0.4 is 5.48 Å². The number of nitrogens with one attached hydrogen (secondary N) is 1. The molecule has 1 aromatic rings. The molecule has 0 fully saturated rings. The molecule has 0 bridgehead atoms. The van der Waals surface area contributed by atoms with E-state index in [2.05, 4.69) is 12.1 Å². The summed E-state index contributed by atoms with van der Waals surface area (Å²) in [5.74, 6) is -1.30. The lowest BCUT2D eigenvalue weighted by Crippen LogP contribution is -2.54. The summed E-state index contributed by atoms with van der Waals surface area (Å²) in [5.41, 5.74) is 1.98. The van der Waals surface area contributed by atoms with E-state index < -0.39 is 18.2 Å². The van der Waals surface area contributed by atoms with E-state index in [1.807, 2.05) is 30.3 Å². The van der Waals surface area contributed by atoms with E-state index in [0.717, 1.165) is 5.56 Å². The van der Waals surface area contributed by atoms with Crippen molar-refractivity contribution in [3.8, 4) is 0 Å². The number of carboxylic acid groups (broad SMARTS) is 1. The fraction of sp³-hybridized carbons (Fsp3) is 0.357. The van der Waals surface area contributed by atoms with Crippen molar-refractivity contribution in [1.82, 2.24) is 5.48 Å². The van der Waals surface area contributed by atoms with Crippen molar-refractivity contribution in [1.29, 1.82) is 0 Å². The van der Waals surface area contributed by atoms with Crippen LogP contribution in [0.2, 0.25) is 0 Å². The number of hydrogen-bond acceptors (Lipinski definition) is 3. The normalized spacial score (nSPS) is 13.8. The molecule has 0 aromatic heterocycles. The number of alkyl halides is 1. The lowest BCUT2D eigenvalue weighted by atomic mass is 9.94. The van der Waals surface area contributed by atoms with Gasteiger partial charge in [0.15, 0.2) is 5.54 Å². The SMILES string of the molecule is C=C(C)C[C@](CF)(NOCc1ccccc1)C(=O)O. The van der Waals surface area contributed by atoms with E-state index in [1.54, 1.807) is 6.92 Å². The van der Waals surface area contributed by atoms with E-state index in [1.165, 1.54) is 0 Å². The van der Waals surface area contributed by atoms with Crippen LogP contribution in [0, 0.1) is 0 Å². The zero-order valence-electron chi connectivity index (χ0n) is 10.9. The summed E-state index contributed by atoms with van der Waals surface area (Å²) in [7, 11) is 0. The van der Waals surface area contributed by atoms with Crippen LogP contribution in [-0.4, -0.2) is 23.3 Å². The molecule has 0 unspecified atom stereocenters. The maximum Gasteiger partial charge on any atom is 0.329 e. The lowest BCUT2D eigenvalue weighted by Gasteiger charge is -2.27. The highest BCUT2D eigenvalue weighted by Crippen LogP contribution is 2.17. The Morgan fingerprint density at radius 1 is 1.47 bits per heavy atom. The highest BCUT2D eigenvalue weighted by atomic mass is 19.1. The fourth-order valence-electron chi connectivity index (χ4n) is 1.63. The van der Waals surface area contributed by atoms with E-state index in [0.29, 0.717) is 5.57 Å². The van der Waals surface area contributed by atoms with Crippen molar-refractivity contribution >= 4 is 5.97 Å².